The molecular weight excluding hydrogens is 402 g/mol. The van der Waals surface area contributed by atoms with Gasteiger partial charge >= 0.3 is 17.8 Å². The number of imide groups is 2. The normalized spacial score (nSPS) is 22.1. The molecule has 9 heteroatoms. The number of ether oxygens (including phenoxy) is 2. The Morgan fingerprint density at radius 3 is 2.42 bits per heavy atom. The molecule has 9 nitrogen and oxygen atoms in total. The standard InChI is InChI=1S/C22H27N3O6/c1-30-15-9-10-18(31-2)16(12-15)17-8-5-11-23(17)19(26)13-24-20(27)21(28)25(22(24)29)14-6-3-4-7-14/h9-10,12,14,17H,3-8,11,13H2,1-2H3/t17-/m0/s1. The minimum atomic E-state index is -0.917. The topological polar surface area (TPSA) is 96.5 Å². The first-order valence-corrected chi connectivity index (χ1v) is 10.7. The van der Waals surface area contributed by atoms with Gasteiger partial charge in [-0.25, -0.2) is 9.69 Å². The maximum absolute atomic E-state index is 13.1. The molecule has 3 aliphatic rings. The van der Waals surface area contributed by atoms with Crippen molar-refractivity contribution >= 4 is 23.8 Å². The maximum atomic E-state index is 13.1. The average molecular weight is 429 g/mol. The van der Waals surface area contributed by atoms with Crippen molar-refractivity contribution in [1.82, 2.24) is 14.7 Å². The van der Waals surface area contributed by atoms with E-state index < -0.39 is 24.4 Å². The van der Waals surface area contributed by atoms with E-state index in [9.17, 15) is 19.2 Å². The molecule has 1 aromatic carbocycles. The third-order valence-corrected chi connectivity index (χ3v) is 6.44. The van der Waals surface area contributed by atoms with E-state index in [4.69, 9.17) is 9.47 Å². The van der Waals surface area contributed by atoms with E-state index in [1.165, 1.54) is 0 Å². The highest BCUT2D eigenvalue weighted by molar-refractivity contribution is 6.45. The highest BCUT2D eigenvalue weighted by atomic mass is 16.5. The SMILES string of the molecule is COc1ccc(OC)c([C@@H]2CCCN2C(=O)CN2C(=O)C(=O)N(C3CCCC3)C2=O)c1. The van der Waals surface area contributed by atoms with Gasteiger partial charge < -0.3 is 14.4 Å². The van der Waals surface area contributed by atoms with Gasteiger partial charge in [-0.3, -0.25) is 19.3 Å². The van der Waals surface area contributed by atoms with Crippen molar-refractivity contribution < 1.29 is 28.7 Å². The summed E-state index contributed by atoms with van der Waals surface area (Å²) in [6.07, 6.45) is 4.77. The van der Waals surface area contributed by atoms with E-state index in [0.29, 0.717) is 30.9 Å². The van der Waals surface area contributed by atoms with Gasteiger partial charge in [0.05, 0.1) is 20.3 Å². The molecule has 0 spiro atoms. The van der Waals surface area contributed by atoms with Crippen LogP contribution < -0.4 is 9.47 Å². The van der Waals surface area contributed by atoms with Gasteiger partial charge in [-0.2, -0.15) is 0 Å². The number of urea groups is 1. The second-order valence-corrected chi connectivity index (χ2v) is 8.14. The Morgan fingerprint density at radius 1 is 1.00 bits per heavy atom. The van der Waals surface area contributed by atoms with Crippen molar-refractivity contribution in [1.29, 1.82) is 0 Å². The second-order valence-electron chi connectivity index (χ2n) is 8.14. The summed E-state index contributed by atoms with van der Waals surface area (Å²) in [4.78, 5) is 54.3. The molecule has 0 aromatic heterocycles. The van der Waals surface area contributed by atoms with Crippen LogP contribution in [0.15, 0.2) is 18.2 Å². The van der Waals surface area contributed by atoms with Crippen LogP contribution in [-0.4, -0.2) is 71.8 Å². The van der Waals surface area contributed by atoms with Crippen LogP contribution in [0.25, 0.3) is 0 Å². The van der Waals surface area contributed by atoms with E-state index in [1.54, 1.807) is 31.3 Å². The number of hydrogen-bond donors (Lipinski definition) is 0. The Hall–Kier alpha value is -3.10. The fraction of sp³-hybridized carbons (Fsp3) is 0.545. The zero-order valence-electron chi connectivity index (χ0n) is 17.8. The molecule has 2 heterocycles. The number of carbonyl (C=O) groups is 4. The van der Waals surface area contributed by atoms with Crippen molar-refractivity contribution in [2.45, 2.75) is 50.6 Å². The monoisotopic (exact) mass is 429 g/mol. The van der Waals surface area contributed by atoms with Crippen molar-refractivity contribution in [3.63, 3.8) is 0 Å². The number of hydrogen-bond acceptors (Lipinski definition) is 6. The van der Waals surface area contributed by atoms with Crippen LogP contribution in [0.5, 0.6) is 11.5 Å². The smallest absolute Gasteiger partial charge is 0.334 e. The summed E-state index contributed by atoms with van der Waals surface area (Å²) in [5.74, 6) is -0.813. The van der Waals surface area contributed by atoms with Crippen LogP contribution in [0.2, 0.25) is 0 Å². The molecular formula is C22H27N3O6. The van der Waals surface area contributed by atoms with Gasteiger partial charge in [-0.1, -0.05) is 12.8 Å². The average Bonchev–Trinajstić information content (AvgIpc) is 3.51. The van der Waals surface area contributed by atoms with Crippen molar-refractivity contribution in [3.8, 4) is 11.5 Å². The van der Waals surface area contributed by atoms with Crippen LogP contribution >= 0.6 is 0 Å². The van der Waals surface area contributed by atoms with Gasteiger partial charge in [-0.05, 0) is 43.9 Å². The van der Waals surface area contributed by atoms with E-state index in [1.807, 2.05) is 6.07 Å². The molecule has 0 N–H and O–H groups in total. The summed E-state index contributed by atoms with van der Waals surface area (Å²) in [7, 11) is 3.14. The summed E-state index contributed by atoms with van der Waals surface area (Å²) >= 11 is 0. The summed E-state index contributed by atoms with van der Waals surface area (Å²) in [6.45, 7) is 0.0653. The van der Waals surface area contributed by atoms with Crippen molar-refractivity contribution in [2.24, 2.45) is 0 Å². The number of methoxy groups -OCH3 is 2. The molecule has 166 valence electrons. The van der Waals surface area contributed by atoms with Crippen LogP contribution in [0.4, 0.5) is 4.79 Å². The van der Waals surface area contributed by atoms with Crippen molar-refractivity contribution in [3.05, 3.63) is 23.8 Å². The lowest BCUT2D eigenvalue weighted by Gasteiger charge is -2.28. The molecule has 0 radical (unpaired) electrons. The molecule has 2 saturated heterocycles. The van der Waals surface area contributed by atoms with E-state index in [-0.39, 0.29) is 18.0 Å². The molecule has 3 fully saturated rings. The van der Waals surface area contributed by atoms with Crippen molar-refractivity contribution in [2.75, 3.05) is 27.3 Å². The van der Waals surface area contributed by atoms with Gasteiger partial charge in [0.25, 0.3) is 0 Å². The predicted octanol–water partition coefficient (Wildman–Crippen LogP) is 2.10. The Morgan fingerprint density at radius 2 is 1.74 bits per heavy atom. The summed E-state index contributed by atoms with van der Waals surface area (Å²) in [6, 6.07) is 4.24. The molecule has 4 rings (SSSR count). The first-order valence-electron chi connectivity index (χ1n) is 10.7. The first kappa shape index (κ1) is 21.1. The molecule has 1 saturated carbocycles. The number of nitrogens with zero attached hydrogens (tertiary/aromatic N) is 3. The number of amides is 5. The third kappa shape index (κ3) is 3.73. The fourth-order valence-corrected chi connectivity index (χ4v) is 4.86. The Balaban J connectivity index is 1.52. The number of benzene rings is 1. The van der Waals surface area contributed by atoms with Crippen LogP contribution in [0.1, 0.15) is 50.1 Å². The highest BCUT2D eigenvalue weighted by Gasteiger charge is 2.49. The number of rotatable bonds is 6. The van der Waals surface area contributed by atoms with Gasteiger partial charge in [0.1, 0.15) is 18.0 Å². The van der Waals surface area contributed by atoms with Gasteiger partial charge in [0, 0.05) is 18.2 Å². The highest BCUT2D eigenvalue weighted by Crippen LogP contribution is 2.39. The van der Waals surface area contributed by atoms with Gasteiger partial charge in [-0.15, -0.1) is 0 Å². The molecule has 1 atom stereocenters. The number of likely N-dealkylation sites (tertiary alicyclic amines) is 1. The van der Waals surface area contributed by atoms with Crippen LogP contribution in [-0.2, 0) is 14.4 Å². The Kier molecular flexibility index (Phi) is 5.84. The predicted molar refractivity (Wildman–Crippen MR) is 109 cm³/mol. The quantitative estimate of drug-likeness (QED) is 0.508. The fourth-order valence-electron chi connectivity index (χ4n) is 4.86. The van der Waals surface area contributed by atoms with Crippen LogP contribution in [0, 0.1) is 0 Å². The lowest BCUT2D eigenvalue weighted by atomic mass is 10.0. The summed E-state index contributed by atoms with van der Waals surface area (Å²) in [5.41, 5.74) is 0.815. The van der Waals surface area contributed by atoms with Crippen LogP contribution in [0.3, 0.4) is 0 Å². The van der Waals surface area contributed by atoms with Gasteiger partial charge in [0.15, 0.2) is 0 Å². The zero-order chi connectivity index (χ0) is 22.1. The molecule has 1 aliphatic carbocycles. The summed E-state index contributed by atoms with van der Waals surface area (Å²) in [5, 5.41) is 0. The molecule has 2 aliphatic heterocycles. The van der Waals surface area contributed by atoms with Gasteiger partial charge in [0.2, 0.25) is 5.91 Å². The molecule has 0 bridgehead atoms. The molecule has 31 heavy (non-hydrogen) atoms. The zero-order valence-corrected chi connectivity index (χ0v) is 17.8. The maximum Gasteiger partial charge on any atom is 0.334 e. The first-order chi connectivity index (χ1) is 15.0. The lowest BCUT2D eigenvalue weighted by molar-refractivity contribution is -0.145. The molecule has 0 unspecified atom stereocenters. The molecule has 1 aromatic rings. The van der Waals surface area contributed by atoms with E-state index in [2.05, 4.69) is 0 Å². The Labute approximate surface area is 180 Å². The largest absolute Gasteiger partial charge is 0.497 e. The lowest BCUT2D eigenvalue weighted by Crippen LogP contribution is -2.44. The minimum absolute atomic E-state index is 0.246. The third-order valence-electron chi connectivity index (χ3n) is 6.44. The van der Waals surface area contributed by atoms with E-state index >= 15 is 0 Å². The second kappa shape index (κ2) is 8.56. The van der Waals surface area contributed by atoms with E-state index in [0.717, 1.165) is 41.0 Å². The summed E-state index contributed by atoms with van der Waals surface area (Å²) < 4.78 is 10.8. The minimum Gasteiger partial charge on any atom is -0.497 e. The number of carbonyl (C=O) groups excluding carboxylic acids is 4. The molecule has 5 amide bonds. The Bertz CT molecular complexity index is 911.